The topological polar surface area (TPSA) is 54.5 Å². The molecule has 4 nitrogen and oxygen atoms in total. The van der Waals surface area contributed by atoms with Crippen molar-refractivity contribution in [1.82, 2.24) is 4.90 Å². The maximum atomic E-state index is 13.2. The van der Waals surface area contributed by atoms with E-state index >= 15 is 0 Å². The Bertz CT molecular complexity index is 782. The van der Waals surface area contributed by atoms with Gasteiger partial charge in [0.1, 0.15) is 5.82 Å². The summed E-state index contributed by atoms with van der Waals surface area (Å²) in [4.78, 5) is 12.6. The smallest absolute Gasteiger partial charge is 0.341 e. The largest absolute Gasteiger partial charge is 0.417 e. The standard InChI is InChI=1S/C16H19F4NO3S/c1-15(2,3)14(22)21-7-6-11(9-21)25(23,24)13-5-4-10(17)8-12(13)16(18,19)20/h4-5,8,11H,6-7,9H2,1-3H3. The fourth-order valence-corrected chi connectivity index (χ4v) is 4.68. The van der Waals surface area contributed by atoms with E-state index in [9.17, 15) is 30.8 Å². The van der Waals surface area contributed by atoms with Gasteiger partial charge in [-0.15, -0.1) is 0 Å². The Hall–Kier alpha value is -1.64. The number of nitrogens with zero attached hydrogens (tertiary/aromatic N) is 1. The molecule has 2 rings (SSSR count). The Morgan fingerprint density at radius 1 is 1.20 bits per heavy atom. The van der Waals surface area contributed by atoms with E-state index in [4.69, 9.17) is 0 Å². The van der Waals surface area contributed by atoms with Crippen LogP contribution in [-0.4, -0.2) is 37.6 Å². The fourth-order valence-electron chi connectivity index (χ4n) is 2.79. The highest BCUT2D eigenvalue weighted by molar-refractivity contribution is 7.92. The van der Waals surface area contributed by atoms with Crippen molar-refractivity contribution in [2.24, 2.45) is 5.41 Å². The molecule has 1 fully saturated rings. The number of sulfone groups is 1. The van der Waals surface area contributed by atoms with Crippen LogP contribution in [0.5, 0.6) is 0 Å². The summed E-state index contributed by atoms with van der Waals surface area (Å²) in [6.07, 6.45) is -4.96. The molecule has 1 aromatic carbocycles. The number of carbonyl (C=O) groups is 1. The van der Waals surface area contributed by atoms with Gasteiger partial charge in [-0.3, -0.25) is 4.79 Å². The molecular formula is C16H19F4NO3S. The molecule has 1 heterocycles. The van der Waals surface area contributed by atoms with Gasteiger partial charge in [0.2, 0.25) is 5.91 Å². The Balaban J connectivity index is 2.37. The lowest BCUT2D eigenvalue weighted by atomic mass is 9.95. The van der Waals surface area contributed by atoms with Crippen molar-refractivity contribution in [3.8, 4) is 0 Å². The van der Waals surface area contributed by atoms with Crippen LogP contribution in [0, 0.1) is 11.2 Å². The molecule has 1 atom stereocenters. The molecule has 1 unspecified atom stereocenters. The van der Waals surface area contributed by atoms with E-state index in [0.717, 1.165) is 0 Å². The van der Waals surface area contributed by atoms with E-state index in [1.807, 2.05) is 0 Å². The van der Waals surface area contributed by atoms with E-state index in [-0.39, 0.29) is 31.5 Å². The molecule has 1 aromatic rings. The number of carbonyl (C=O) groups excluding carboxylic acids is 1. The number of hydrogen-bond acceptors (Lipinski definition) is 3. The minimum absolute atomic E-state index is 0.0405. The van der Waals surface area contributed by atoms with E-state index < -0.39 is 43.0 Å². The van der Waals surface area contributed by atoms with E-state index in [1.54, 1.807) is 20.8 Å². The van der Waals surface area contributed by atoms with Crippen LogP contribution >= 0.6 is 0 Å². The van der Waals surface area contributed by atoms with Gasteiger partial charge in [-0.05, 0) is 24.6 Å². The summed E-state index contributed by atoms with van der Waals surface area (Å²) in [7, 11) is -4.36. The molecule has 9 heteroatoms. The molecule has 25 heavy (non-hydrogen) atoms. The Morgan fingerprint density at radius 3 is 2.32 bits per heavy atom. The molecule has 0 aromatic heterocycles. The summed E-state index contributed by atoms with van der Waals surface area (Å²) >= 11 is 0. The minimum atomic E-state index is -5.00. The highest BCUT2D eigenvalue weighted by Gasteiger charge is 2.43. The highest BCUT2D eigenvalue weighted by atomic mass is 32.2. The number of amides is 1. The highest BCUT2D eigenvalue weighted by Crippen LogP contribution is 2.37. The predicted molar refractivity (Wildman–Crippen MR) is 83.0 cm³/mol. The zero-order valence-corrected chi connectivity index (χ0v) is 14.8. The first-order valence-corrected chi connectivity index (χ1v) is 9.19. The number of hydrogen-bond donors (Lipinski definition) is 0. The first kappa shape index (κ1) is 19.7. The van der Waals surface area contributed by atoms with Crippen molar-refractivity contribution < 1.29 is 30.8 Å². The summed E-state index contributed by atoms with van der Waals surface area (Å²) in [6.45, 7) is 5.02. The monoisotopic (exact) mass is 381 g/mol. The van der Waals surface area contributed by atoms with Crippen molar-refractivity contribution in [1.29, 1.82) is 0 Å². The van der Waals surface area contributed by atoms with Gasteiger partial charge in [0.05, 0.1) is 15.7 Å². The molecule has 0 aliphatic carbocycles. The van der Waals surface area contributed by atoms with Crippen molar-refractivity contribution in [3.05, 3.63) is 29.6 Å². The number of alkyl halides is 3. The second-order valence-corrected chi connectivity index (χ2v) is 9.29. The molecule has 0 N–H and O–H groups in total. The SMILES string of the molecule is CC(C)(C)C(=O)N1CCC(S(=O)(=O)c2ccc(F)cc2C(F)(F)F)C1. The normalized spacial score (nSPS) is 19.3. The number of rotatable bonds is 2. The second-order valence-electron chi connectivity index (χ2n) is 7.10. The van der Waals surface area contributed by atoms with Crippen LogP contribution in [0.25, 0.3) is 0 Å². The summed E-state index contributed by atoms with van der Waals surface area (Å²) in [5.41, 5.74) is -2.24. The summed E-state index contributed by atoms with van der Waals surface area (Å²) in [5.74, 6) is -1.43. The van der Waals surface area contributed by atoms with Gasteiger partial charge in [-0.25, -0.2) is 12.8 Å². The van der Waals surface area contributed by atoms with Gasteiger partial charge in [0.15, 0.2) is 9.84 Å². The Morgan fingerprint density at radius 2 is 1.80 bits per heavy atom. The average molecular weight is 381 g/mol. The third kappa shape index (κ3) is 3.96. The molecule has 140 valence electrons. The van der Waals surface area contributed by atoms with Crippen LogP contribution < -0.4 is 0 Å². The van der Waals surface area contributed by atoms with E-state index in [2.05, 4.69) is 0 Å². The molecule has 1 aliphatic heterocycles. The number of halogens is 4. The van der Waals surface area contributed by atoms with Gasteiger partial charge in [0.25, 0.3) is 0 Å². The Labute approximate surface area is 143 Å². The summed E-state index contributed by atoms with van der Waals surface area (Å²) < 4.78 is 77.9. The van der Waals surface area contributed by atoms with E-state index in [0.29, 0.717) is 12.1 Å². The minimum Gasteiger partial charge on any atom is -0.341 e. The fraction of sp³-hybridized carbons (Fsp3) is 0.562. The van der Waals surface area contributed by atoms with Crippen molar-refractivity contribution in [3.63, 3.8) is 0 Å². The third-order valence-electron chi connectivity index (χ3n) is 4.07. The lowest BCUT2D eigenvalue weighted by Gasteiger charge is -2.25. The van der Waals surface area contributed by atoms with Crippen molar-refractivity contribution in [2.75, 3.05) is 13.1 Å². The molecule has 0 saturated carbocycles. The lowest BCUT2D eigenvalue weighted by Crippen LogP contribution is -2.39. The maximum absolute atomic E-state index is 13.2. The van der Waals surface area contributed by atoms with Crippen molar-refractivity contribution in [2.45, 2.75) is 43.5 Å². The average Bonchev–Trinajstić information content (AvgIpc) is 2.94. The van der Waals surface area contributed by atoms with Crippen LogP contribution in [0.3, 0.4) is 0 Å². The van der Waals surface area contributed by atoms with Gasteiger partial charge in [-0.2, -0.15) is 13.2 Å². The third-order valence-corrected chi connectivity index (χ3v) is 6.30. The quantitative estimate of drug-likeness (QED) is 0.584. The second kappa shape index (κ2) is 6.26. The summed E-state index contributed by atoms with van der Waals surface area (Å²) in [6, 6.07) is 1.51. The van der Waals surface area contributed by atoms with Crippen molar-refractivity contribution >= 4 is 15.7 Å². The van der Waals surface area contributed by atoms with Crippen LogP contribution in [0.2, 0.25) is 0 Å². The molecule has 1 saturated heterocycles. The zero-order chi connectivity index (χ0) is 19.2. The predicted octanol–water partition coefficient (Wildman–Crippen LogP) is 3.27. The summed E-state index contributed by atoms with van der Waals surface area (Å²) in [5, 5.41) is -1.15. The van der Waals surface area contributed by atoms with Gasteiger partial charge in [0, 0.05) is 18.5 Å². The molecular weight excluding hydrogens is 362 g/mol. The zero-order valence-electron chi connectivity index (χ0n) is 14.0. The number of benzene rings is 1. The first-order chi connectivity index (χ1) is 11.2. The molecule has 1 amide bonds. The van der Waals surface area contributed by atoms with Gasteiger partial charge in [-0.1, -0.05) is 20.8 Å². The number of likely N-dealkylation sites (tertiary alicyclic amines) is 1. The van der Waals surface area contributed by atoms with Crippen LogP contribution in [0.1, 0.15) is 32.8 Å². The molecule has 0 spiro atoms. The molecule has 0 radical (unpaired) electrons. The molecule has 1 aliphatic rings. The lowest BCUT2D eigenvalue weighted by molar-refractivity contribution is -0.140. The van der Waals surface area contributed by atoms with Gasteiger partial charge >= 0.3 is 6.18 Å². The maximum Gasteiger partial charge on any atom is 0.417 e. The van der Waals surface area contributed by atoms with Gasteiger partial charge < -0.3 is 4.90 Å². The van der Waals surface area contributed by atoms with E-state index in [1.165, 1.54) is 4.90 Å². The van der Waals surface area contributed by atoms with Crippen LogP contribution in [0.15, 0.2) is 23.1 Å². The molecule has 0 bridgehead atoms. The van der Waals surface area contributed by atoms with Crippen LogP contribution in [0.4, 0.5) is 17.6 Å². The Kier molecular flexibility index (Phi) is 4.93. The first-order valence-electron chi connectivity index (χ1n) is 7.64. The van der Waals surface area contributed by atoms with Crippen LogP contribution in [-0.2, 0) is 20.8 Å².